The van der Waals surface area contributed by atoms with Gasteiger partial charge in [0, 0.05) is 39.3 Å². The number of benzene rings is 1. The predicted molar refractivity (Wildman–Crippen MR) is 116 cm³/mol. The van der Waals surface area contributed by atoms with Gasteiger partial charge in [0.2, 0.25) is 10.0 Å². The van der Waals surface area contributed by atoms with Gasteiger partial charge in [0.1, 0.15) is 0 Å². The number of sulfonamides is 1. The highest BCUT2D eigenvalue weighted by Crippen LogP contribution is 2.15. The minimum absolute atomic E-state index is 0.00578. The topological polar surface area (TPSA) is 85.8 Å². The molecule has 158 valence electrons. The number of nitrogens with one attached hydrogen (secondary N) is 3. The van der Waals surface area contributed by atoms with Crippen LogP contribution in [-0.4, -0.2) is 64.3 Å². The molecule has 0 bridgehead atoms. The predicted octanol–water partition coefficient (Wildman–Crippen LogP) is 1.54. The monoisotopic (exact) mass is 409 g/mol. The van der Waals surface area contributed by atoms with E-state index in [0.29, 0.717) is 25.1 Å². The minimum atomic E-state index is -3.33. The van der Waals surface area contributed by atoms with Crippen molar-refractivity contribution in [3.63, 3.8) is 0 Å². The fourth-order valence-electron chi connectivity index (χ4n) is 3.36. The highest BCUT2D eigenvalue weighted by molar-refractivity contribution is 7.89. The molecular formula is C20H35N5O2S. The largest absolute Gasteiger partial charge is 0.356 e. The van der Waals surface area contributed by atoms with E-state index in [9.17, 15) is 8.42 Å². The zero-order valence-corrected chi connectivity index (χ0v) is 18.0. The van der Waals surface area contributed by atoms with Gasteiger partial charge in [-0.25, -0.2) is 13.1 Å². The summed E-state index contributed by atoms with van der Waals surface area (Å²) in [6, 6.07) is 10.2. The number of aliphatic imine (C=N–C) groups is 1. The van der Waals surface area contributed by atoms with Crippen LogP contribution in [0.25, 0.3) is 0 Å². The fraction of sp³-hybridized carbons (Fsp3) is 0.650. The van der Waals surface area contributed by atoms with Crippen molar-refractivity contribution in [3.8, 4) is 0 Å². The first-order valence-corrected chi connectivity index (χ1v) is 11.9. The van der Waals surface area contributed by atoms with E-state index in [-0.39, 0.29) is 5.75 Å². The molecule has 2 rings (SSSR count). The molecule has 8 heteroatoms. The maximum absolute atomic E-state index is 12.1. The second kappa shape index (κ2) is 12.0. The Kier molecular flexibility index (Phi) is 9.73. The lowest BCUT2D eigenvalue weighted by Crippen LogP contribution is -2.43. The molecular weight excluding hydrogens is 374 g/mol. The maximum atomic E-state index is 12.1. The zero-order valence-electron chi connectivity index (χ0n) is 17.2. The molecule has 0 spiro atoms. The number of rotatable bonds is 10. The zero-order chi connectivity index (χ0) is 20.2. The molecule has 1 atom stereocenters. The lowest BCUT2D eigenvalue weighted by Gasteiger charge is -2.33. The third-order valence-corrected chi connectivity index (χ3v) is 6.41. The highest BCUT2D eigenvalue weighted by atomic mass is 32.2. The van der Waals surface area contributed by atoms with Crippen molar-refractivity contribution in [1.82, 2.24) is 20.3 Å². The first-order valence-electron chi connectivity index (χ1n) is 10.2. The van der Waals surface area contributed by atoms with Crippen LogP contribution < -0.4 is 15.4 Å². The third kappa shape index (κ3) is 8.58. The summed E-state index contributed by atoms with van der Waals surface area (Å²) >= 11 is 0. The Labute approximate surface area is 170 Å². The Morgan fingerprint density at radius 2 is 1.93 bits per heavy atom. The standard InChI is InChI=1S/C20H35N5O2S/c1-18-9-6-7-14-25(18)15-8-12-22-20(21-2)23-13-16-28(26,27)24-17-19-10-4-3-5-11-19/h3-5,10-11,18,24H,6-9,12-17H2,1-2H3,(H2,21,22,23). The molecule has 1 fully saturated rings. The summed E-state index contributed by atoms with van der Waals surface area (Å²) in [5.74, 6) is 0.649. The third-order valence-electron chi connectivity index (χ3n) is 5.08. The molecule has 1 aromatic rings. The van der Waals surface area contributed by atoms with Gasteiger partial charge in [-0.2, -0.15) is 0 Å². The van der Waals surface area contributed by atoms with Crippen molar-refractivity contribution in [3.05, 3.63) is 35.9 Å². The van der Waals surface area contributed by atoms with Crippen molar-refractivity contribution in [2.24, 2.45) is 4.99 Å². The Bertz CT molecular complexity index is 694. The second-order valence-electron chi connectivity index (χ2n) is 7.29. The molecule has 1 aliphatic heterocycles. The Hall–Kier alpha value is -1.64. The van der Waals surface area contributed by atoms with Crippen LogP contribution in [0.3, 0.4) is 0 Å². The van der Waals surface area contributed by atoms with E-state index in [1.165, 1.54) is 25.8 Å². The molecule has 1 aromatic carbocycles. The number of hydrogen-bond acceptors (Lipinski definition) is 4. The normalized spacial score (nSPS) is 18.8. The van der Waals surface area contributed by atoms with Gasteiger partial charge >= 0.3 is 0 Å². The van der Waals surface area contributed by atoms with E-state index >= 15 is 0 Å². The minimum Gasteiger partial charge on any atom is -0.356 e. The first kappa shape index (κ1) is 22.6. The molecule has 1 aliphatic rings. The Morgan fingerprint density at radius 3 is 2.64 bits per heavy atom. The summed E-state index contributed by atoms with van der Waals surface area (Å²) in [6.45, 7) is 6.03. The van der Waals surface area contributed by atoms with Crippen LogP contribution in [0.15, 0.2) is 35.3 Å². The molecule has 1 unspecified atom stereocenters. The van der Waals surface area contributed by atoms with Crippen molar-refractivity contribution in [2.75, 3.05) is 39.0 Å². The molecule has 0 radical (unpaired) electrons. The number of hydrogen-bond donors (Lipinski definition) is 3. The molecule has 3 N–H and O–H groups in total. The van der Waals surface area contributed by atoms with Gasteiger partial charge in [-0.1, -0.05) is 36.8 Å². The van der Waals surface area contributed by atoms with E-state index in [0.717, 1.165) is 25.1 Å². The summed E-state index contributed by atoms with van der Waals surface area (Å²) in [4.78, 5) is 6.71. The Morgan fingerprint density at radius 1 is 1.18 bits per heavy atom. The van der Waals surface area contributed by atoms with Crippen LogP contribution >= 0.6 is 0 Å². The van der Waals surface area contributed by atoms with Crippen LogP contribution in [0, 0.1) is 0 Å². The van der Waals surface area contributed by atoms with E-state index in [1.54, 1.807) is 7.05 Å². The molecule has 28 heavy (non-hydrogen) atoms. The molecule has 0 amide bonds. The summed E-state index contributed by atoms with van der Waals surface area (Å²) in [7, 11) is -1.63. The van der Waals surface area contributed by atoms with Crippen LogP contribution in [0.1, 0.15) is 38.2 Å². The van der Waals surface area contributed by atoms with Crippen LogP contribution in [0.4, 0.5) is 0 Å². The molecule has 7 nitrogen and oxygen atoms in total. The summed E-state index contributed by atoms with van der Waals surface area (Å²) in [6.07, 6.45) is 4.98. The number of nitrogens with zero attached hydrogens (tertiary/aromatic N) is 2. The molecule has 1 saturated heterocycles. The number of likely N-dealkylation sites (tertiary alicyclic amines) is 1. The lowest BCUT2D eigenvalue weighted by molar-refractivity contribution is 0.159. The van der Waals surface area contributed by atoms with Crippen molar-refractivity contribution >= 4 is 16.0 Å². The van der Waals surface area contributed by atoms with Gasteiger partial charge < -0.3 is 15.5 Å². The fourth-order valence-corrected chi connectivity index (χ4v) is 4.27. The molecule has 0 aliphatic carbocycles. The smallest absolute Gasteiger partial charge is 0.213 e. The van der Waals surface area contributed by atoms with Crippen LogP contribution in [0.2, 0.25) is 0 Å². The average molecular weight is 410 g/mol. The van der Waals surface area contributed by atoms with E-state index in [2.05, 4.69) is 32.2 Å². The molecule has 0 saturated carbocycles. The van der Waals surface area contributed by atoms with E-state index in [1.807, 2.05) is 30.3 Å². The second-order valence-corrected chi connectivity index (χ2v) is 9.21. The van der Waals surface area contributed by atoms with Crippen molar-refractivity contribution in [1.29, 1.82) is 0 Å². The first-order chi connectivity index (χ1) is 13.5. The number of guanidine groups is 1. The summed E-state index contributed by atoms with van der Waals surface area (Å²) < 4.78 is 26.9. The van der Waals surface area contributed by atoms with Gasteiger partial charge in [-0.3, -0.25) is 4.99 Å². The van der Waals surface area contributed by atoms with Gasteiger partial charge in [-0.15, -0.1) is 0 Å². The van der Waals surface area contributed by atoms with Crippen LogP contribution in [-0.2, 0) is 16.6 Å². The van der Waals surface area contributed by atoms with Gasteiger partial charge in [-0.05, 0) is 38.3 Å². The van der Waals surface area contributed by atoms with Gasteiger partial charge in [0.15, 0.2) is 5.96 Å². The Balaban J connectivity index is 1.60. The SMILES string of the molecule is CN=C(NCCCN1CCCCC1C)NCCS(=O)(=O)NCc1ccccc1. The summed E-state index contributed by atoms with van der Waals surface area (Å²) in [5.41, 5.74) is 0.944. The highest BCUT2D eigenvalue weighted by Gasteiger charge is 2.17. The number of piperidine rings is 1. The van der Waals surface area contributed by atoms with Crippen LogP contribution in [0.5, 0.6) is 0 Å². The molecule has 0 aromatic heterocycles. The average Bonchev–Trinajstić information content (AvgIpc) is 2.70. The van der Waals surface area contributed by atoms with Crippen molar-refractivity contribution in [2.45, 2.75) is 45.2 Å². The quantitative estimate of drug-likeness (QED) is 0.310. The lowest BCUT2D eigenvalue weighted by atomic mass is 10.0. The van der Waals surface area contributed by atoms with E-state index in [4.69, 9.17) is 0 Å². The van der Waals surface area contributed by atoms with Gasteiger partial charge in [0.05, 0.1) is 5.75 Å². The molecule has 1 heterocycles. The van der Waals surface area contributed by atoms with Gasteiger partial charge in [0.25, 0.3) is 0 Å². The van der Waals surface area contributed by atoms with Crippen molar-refractivity contribution < 1.29 is 8.42 Å². The summed E-state index contributed by atoms with van der Waals surface area (Å²) in [5, 5.41) is 6.34. The maximum Gasteiger partial charge on any atom is 0.213 e. The van der Waals surface area contributed by atoms with E-state index < -0.39 is 10.0 Å².